The molecular weight excluding hydrogens is 329 g/mol. The lowest BCUT2D eigenvalue weighted by Crippen LogP contribution is -2.59. The van der Waals surface area contributed by atoms with Gasteiger partial charge in [0, 0.05) is 18.6 Å². The molecule has 3 fully saturated rings. The van der Waals surface area contributed by atoms with Gasteiger partial charge in [-0.2, -0.15) is 0 Å². The van der Waals surface area contributed by atoms with E-state index >= 15 is 0 Å². The summed E-state index contributed by atoms with van der Waals surface area (Å²) in [5, 5.41) is 3.42. The van der Waals surface area contributed by atoms with Crippen molar-refractivity contribution in [2.75, 3.05) is 6.61 Å². The van der Waals surface area contributed by atoms with Crippen molar-refractivity contribution in [1.29, 1.82) is 0 Å². The molecule has 1 spiro atoms. The van der Waals surface area contributed by atoms with E-state index in [0.717, 1.165) is 24.8 Å². The molecule has 1 aliphatic heterocycles. The van der Waals surface area contributed by atoms with Crippen LogP contribution in [-0.2, 0) is 9.53 Å². The summed E-state index contributed by atoms with van der Waals surface area (Å²) in [5.74, 6) is 0.906. The van der Waals surface area contributed by atoms with Gasteiger partial charge in [-0.25, -0.2) is 4.39 Å². The molecule has 1 aromatic rings. The molecule has 4 heteroatoms. The van der Waals surface area contributed by atoms with Crippen LogP contribution in [0.25, 0.3) is 0 Å². The van der Waals surface area contributed by atoms with Crippen molar-refractivity contribution in [3.05, 3.63) is 35.6 Å². The standard InChI is InChI=1S/C22H30FNO2/c1-13(2)19(25)24-20-21(3,4)15-11-17-18(14-5-7-16(23)8-6-14)26-10-9-22(17,20)12-15/h5-8,13,15,17-18,20H,9-12H2,1-4H3,(H,24,25)/t15-,17-,18-,20-,22-/m1/s1. The Hall–Kier alpha value is -1.42. The van der Waals surface area contributed by atoms with Gasteiger partial charge in [0.15, 0.2) is 0 Å². The Morgan fingerprint density at radius 3 is 2.62 bits per heavy atom. The third kappa shape index (κ3) is 2.52. The second-order valence-electron chi connectivity index (χ2n) is 9.49. The molecule has 0 aromatic heterocycles. The fourth-order valence-electron chi connectivity index (χ4n) is 6.08. The summed E-state index contributed by atoms with van der Waals surface area (Å²) in [6.07, 6.45) is 3.29. The number of halogens is 1. The number of benzene rings is 1. The number of hydrogen-bond acceptors (Lipinski definition) is 2. The van der Waals surface area contributed by atoms with E-state index < -0.39 is 0 Å². The molecule has 1 N–H and O–H groups in total. The average molecular weight is 359 g/mol. The van der Waals surface area contributed by atoms with E-state index in [1.807, 2.05) is 26.0 Å². The maximum absolute atomic E-state index is 13.4. The minimum absolute atomic E-state index is 0.00361. The summed E-state index contributed by atoms with van der Waals surface area (Å²) in [7, 11) is 0. The fourth-order valence-corrected chi connectivity index (χ4v) is 6.08. The minimum atomic E-state index is -0.213. The first-order valence-corrected chi connectivity index (χ1v) is 9.93. The van der Waals surface area contributed by atoms with Gasteiger partial charge in [0.05, 0.1) is 6.10 Å². The van der Waals surface area contributed by atoms with E-state index in [2.05, 4.69) is 19.2 Å². The second kappa shape index (κ2) is 6.05. The van der Waals surface area contributed by atoms with Crippen molar-refractivity contribution in [2.45, 2.75) is 59.1 Å². The highest BCUT2D eigenvalue weighted by Crippen LogP contribution is 2.70. The first-order valence-electron chi connectivity index (χ1n) is 9.93. The third-order valence-electron chi connectivity index (χ3n) is 7.51. The highest BCUT2D eigenvalue weighted by Gasteiger charge is 2.68. The summed E-state index contributed by atoms with van der Waals surface area (Å²) in [6.45, 7) is 9.24. The van der Waals surface area contributed by atoms with Gasteiger partial charge < -0.3 is 10.1 Å². The lowest BCUT2D eigenvalue weighted by molar-refractivity contribution is -0.139. The molecule has 0 radical (unpaired) electrons. The molecule has 3 nitrogen and oxygen atoms in total. The van der Waals surface area contributed by atoms with Crippen LogP contribution in [0.15, 0.2) is 24.3 Å². The number of amides is 1. The van der Waals surface area contributed by atoms with Gasteiger partial charge in [0.1, 0.15) is 5.82 Å². The van der Waals surface area contributed by atoms with Gasteiger partial charge in [-0.05, 0) is 59.6 Å². The number of carbonyl (C=O) groups is 1. The molecule has 4 rings (SSSR count). The highest BCUT2D eigenvalue weighted by atomic mass is 19.1. The number of ether oxygens (including phenoxy) is 1. The first kappa shape index (κ1) is 18.0. The second-order valence-corrected chi connectivity index (χ2v) is 9.49. The summed E-state index contributed by atoms with van der Waals surface area (Å²) in [5.41, 5.74) is 1.26. The molecular formula is C22H30FNO2. The Kier molecular flexibility index (Phi) is 4.18. The highest BCUT2D eigenvalue weighted by molar-refractivity contribution is 5.78. The van der Waals surface area contributed by atoms with Crippen LogP contribution in [0, 0.1) is 34.4 Å². The molecule has 1 aromatic carbocycles. The lowest BCUT2D eigenvalue weighted by Gasteiger charge is -2.53. The van der Waals surface area contributed by atoms with E-state index in [4.69, 9.17) is 4.74 Å². The number of fused-ring (bicyclic) bond motifs is 1. The van der Waals surface area contributed by atoms with Crippen molar-refractivity contribution in [2.24, 2.45) is 28.6 Å². The van der Waals surface area contributed by atoms with Crippen LogP contribution in [0.4, 0.5) is 4.39 Å². The van der Waals surface area contributed by atoms with Crippen molar-refractivity contribution < 1.29 is 13.9 Å². The fraction of sp³-hybridized carbons (Fsp3) is 0.682. The Morgan fingerprint density at radius 1 is 1.27 bits per heavy atom. The molecule has 26 heavy (non-hydrogen) atoms. The topological polar surface area (TPSA) is 38.3 Å². The minimum Gasteiger partial charge on any atom is -0.373 e. The van der Waals surface area contributed by atoms with Crippen molar-refractivity contribution in [1.82, 2.24) is 5.32 Å². The number of rotatable bonds is 3. The van der Waals surface area contributed by atoms with Crippen LogP contribution < -0.4 is 5.32 Å². The van der Waals surface area contributed by atoms with E-state index in [1.165, 1.54) is 12.1 Å². The van der Waals surface area contributed by atoms with Crippen molar-refractivity contribution >= 4 is 5.91 Å². The van der Waals surface area contributed by atoms with Crippen LogP contribution in [0.5, 0.6) is 0 Å². The Balaban J connectivity index is 1.68. The van der Waals surface area contributed by atoms with E-state index in [9.17, 15) is 9.18 Å². The molecule has 2 saturated carbocycles. The summed E-state index contributed by atoms with van der Waals surface area (Å²) in [4.78, 5) is 12.5. The van der Waals surface area contributed by atoms with Crippen LogP contribution in [0.2, 0.25) is 0 Å². The number of carbonyl (C=O) groups excluding carboxylic acids is 1. The summed E-state index contributed by atoms with van der Waals surface area (Å²) < 4.78 is 19.6. The smallest absolute Gasteiger partial charge is 0.222 e. The van der Waals surface area contributed by atoms with E-state index in [0.29, 0.717) is 18.4 Å². The average Bonchev–Trinajstić information content (AvgIpc) is 3.08. The van der Waals surface area contributed by atoms with Gasteiger partial charge in [0.2, 0.25) is 5.91 Å². The summed E-state index contributed by atoms with van der Waals surface area (Å²) in [6, 6.07) is 6.94. The summed E-state index contributed by atoms with van der Waals surface area (Å²) >= 11 is 0. The third-order valence-corrected chi connectivity index (χ3v) is 7.51. The van der Waals surface area contributed by atoms with Gasteiger partial charge in [0.25, 0.3) is 0 Å². The predicted molar refractivity (Wildman–Crippen MR) is 98.9 cm³/mol. The van der Waals surface area contributed by atoms with Crippen LogP contribution in [-0.4, -0.2) is 18.6 Å². The van der Waals surface area contributed by atoms with Crippen LogP contribution >= 0.6 is 0 Å². The number of nitrogens with one attached hydrogen (secondary N) is 1. The molecule has 0 unspecified atom stereocenters. The molecule has 3 aliphatic rings. The normalized spacial score (nSPS) is 37.6. The number of hydrogen-bond donors (Lipinski definition) is 1. The van der Waals surface area contributed by atoms with Gasteiger partial charge >= 0.3 is 0 Å². The zero-order chi connectivity index (χ0) is 18.7. The zero-order valence-corrected chi connectivity index (χ0v) is 16.2. The maximum atomic E-state index is 13.4. The molecule has 1 saturated heterocycles. The molecule has 2 aliphatic carbocycles. The van der Waals surface area contributed by atoms with Crippen molar-refractivity contribution in [3.63, 3.8) is 0 Å². The van der Waals surface area contributed by atoms with Gasteiger partial charge in [-0.15, -0.1) is 0 Å². The molecule has 142 valence electrons. The predicted octanol–water partition coefficient (Wildman–Crippen LogP) is 4.48. The molecule has 2 bridgehead atoms. The Bertz CT molecular complexity index is 699. The van der Waals surface area contributed by atoms with Gasteiger partial charge in [-0.3, -0.25) is 4.79 Å². The van der Waals surface area contributed by atoms with E-state index in [-0.39, 0.29) is 40.6 Å². The van der Waals surface area contributed by atoms with E-state index in [1.54, 1.807) is 0 Å². The Morgan fingerprint density at radius 2 is 1.96 bits per heavy atom. The van der Waals surface area contributed by atoms with Crippen LogP contribution in [0.1, 0.15) is 58.6 Å². The maximum Gasteiger partial charge on any atom is 0.222 e. The van der Waals surface area contributed by atoms with Gasteiger partial charge in [-0.1, -0.05) is 39.8 Å². The molecule has 5 atom stereocenters. The monoisotopic (exact) mass is 359 g/mol. The zero-order valence-electron chi connectivity index (χ0n) is 16.2. The van der Waals surface area contributed by atoms with Crippen LogP contribution in [0.3, 0.4) is 0 Å². The largest absolute Gasteiger partial charge is 0.373 e. The SMILES string of the molecule is CC(C)C(=O)N[C@@H]1C(C)(C)[C@@H]2C[C@@H]3[C@@H](c4ccc(F)cc4)OCC[C@@]31C2. The lowest BCUT2D eigenvalue weighted by atomic mass is 9.58. The Labute approximate surface area is 155 Å². The van der Waals surface area contributed by atoms with Crippen molar-refractivity contribution in [3.8, 4) is 0 Å². The first-order chi connectivity index (χ1) is 12.3. The molecule has 1 amide bonds. The molecule has 1 heterocycles. The quantitative estimate of drug-likeness (QED) is 0.864.